The normalized spacial score (nSPS) is 26.1. The zero-order valence-electron chi connectivity index (χ0n) is 20.1. The number of ether oxygens (including phenoxy) is 1. The number of halogens is 2. The Morgan fingerprint density at radius 1 is 1.15 bits per heavy atom. The average Bonchev–Trinajstić information content (AvgIpc) is 3.04. The van der Waals surface area contributed by atoms with Crippen LogP contribution >= 0.6 is 0 Å². The first-order valence-corrected chi connectivity index (χ1v) is 12.3. The Hall–Kier alpha value is -2.64. The van der Waals surface area contributed by atoms with Gasteiger partial charge in [-0.2, -0.15) is 0 Å². The predicted octanol–water partition coefficient (Wildman–Crippen LogP) is 5.11. The molecule has 0 aromatic carbocycles. The first-order valence-electron chi connectivity index (χ1n) is 12.3. The smallest absolute Gasteiger partial charge is 0.410 e. The number of carbonyl (C=O) groups is 2. The molecule has 1 aliphatic carbocycles. The first-order chi connectivity index (χ1) is 16.0. The fourth-order valence-corrected chi connectivity index (χ4v) is 6.06. The Bertz CT molecular complexity index is 1110. The standard InChI is InChI=1S/C26H33F2N3O3/c1-25(2,3)34-24(33)31-17-7-6-8-18(31)14-16(13-17)29-23(32)22-19-15-26(27,28)11-10-20(19)30-12-5-4-9-21(22)30/h4-5,9,12,16-18H,6-8,10-11,13-15H2,1-3H3,(H,29,32). The predicted molar refractivity (Wildman–Crippen MR) is 124 cm³/mol. The van der Waals surface area contributed by atoms with Crippen molar-refractivity contribution < 1.29 is 23.1 Å². The van der Waals surface area contributed by atoms with Crippen LogP contribution in [-0.2, 0) is 17.6 Å². The van der Waals surface area contributed by atoms with Gasteiger partial charge in [0, 0.05) is 42.9 Å². The van der Waals surface area contributed by atoms with Crippen LogP contribution in [0.4, 0.5) is 13.6 Å². The lowest BCUT2D eigenvalue weighted by Crippen LogP contribution is -2.59. The quantitative estimate of drug-likeness (QED) is 0.659. The Kier molecular flexibility index (Phi) is 5.60. The van der Waals surface area contributed by atoms with Crippen molar-refractivity contribution in [2.75, 3.05) is 0 Å². The number of carbonyl (C=O) groups excluding carboxylic acids is 2. The molecule has 34 heavy (non-hydrogen) atoms. The van der Waals surface area contributed by atoms with Crippen LogP contribution in [0.25, 0.3) is 5.52 Å². The number of aromatic nitrogens is 1. The van der Waals surface area contributed by atoms with Crippen LogP contribution in [-0.4, -0.2) is 51.0 Å². The Morgan fingerprint density at radius 2 is 1.85 bits per heavy atom. The van der Waals surface area contributed by atoms with Gasteiger partial charge < -0.3 is 19.4 Å². The summed E-state index contributed by atoms with van der Waals surface area (Å²) in [6.45, 7) is 5.58. The maximum absolute atomic E-state index is 14.3. The lowest BCUT2D eigenvalue weighted by Gasteiger charge is -2.48. The van der Waals surface area contributed by atoms with Crippen LogP contribution in [0.1, 0.15) is 80.9 Å². The average molecular weight is 474 g/mol. The summed E-state index contributed by atoms with van der Waals surface area (Å²) < 4.78 is 36.2. The molecule has 0 spiro atoms. The highest BCUT2D eigenvalue weighted by Crippen LogP contribution is 2.39. The van der Waals surface area contributed by atoms with Gasteiger partial charge >= 0.3 is 6.09 Å². The number of piperidine rings is 2. The number of aryl methyl sites for hydroxylation is 1. The van der Waals surface area contributed by atoms with Crippen LogP contribution in [0.5, 0.6) is 0 Å². The number of pyridine rings is 1. The molecule has 2 aliphatic heterocycles. The van der Waals surface area contributed by atoms with Crippen LogP contribution < -0.4 is 5.32 Å². The second kappa shape index (κ2) is 8.24. The van der Waals surface area contributed by atoms with E-state index < -0.39 is 17.9 Å². The zero-order chi connectivity index (χ0) is 24.3. The molecule has 8 heteroatoms. The molecule has 2 amide bonds. The van der Waals surface area contributed by atoms with Gasteiger partial charge in [-0.1, -0.05) is 6.07 Å². The summed E-state index contributed by atoms with van der Waals surface area (Å²) in [6, 6.07) is 5.42. The summed E-state index contributed by atoms with van der Waals surface area (Å²) in [6.07, 6.45) is 5.28. The van der Waals surface area contributed by atoms with Crippen LogP contribution in [0.2, 0.25) is 0 Å². The molecular weight excluding hydrogens is 440 g/mol. The molecule has 2 aromatic rings. The molecule has 184 valence electrons. The monoisotopic (exact) mass is 473 g/mol. The van der Waals surface area contributed by atoms with Gasteiger partial charge in [-0.25, -0.2) is 13.6 Å². The molecule has 6 nitrogen and oxygen atoms in total. The summed E-state index contributed by atoms with van der Waals surface area (Å²) in [5, 5.41) is 3.15. The third-order valence-corrected chi connectivity index (χ3v) is 7.36. The van der Waals surface area contributed by atoms with E-state index in [0.29, 0.717) is 29.5 Å². The lowest BCUT2D eigenvalue weighted by molar-refractivity contribution is -0.0229. The molecule has 2 aromatic heterocycles. The molecule has 2 fully saturated rings. The second-order valence-corrected chi connectivity index (χ2v) is 11.1. The van der Waals surface area contributed by atoms with Gasteiger partial charge in [-0.3, -0.25) is 4.79 Å². The topological polar surface area (TPSA) is 63.0 Å². The van der Waals surface area contributed by atoms with E-state index in [4.69, 9.17) is 4.74 Å². The molecule has 0 saturated carbocycles. The van der Waals surface area contributed by atoms with Crippen molar-refractivity contribution in [3.05, 3.63) is 41.2 Å². The molecule has 0 radical (unpaired) electrons. The van der Waals surface area contributed by atoms with E-state index in [9.17, 15) is 18.4 Å². The number of hydrogen-bond acceptors (Lipinski definition) is 3. The number of nitrogens with zero attached hydrogens (tertiary/aromatic N) is 2. The lowest BCUT2D eigenvalue weighted by atomic mass is 9.82. The molecule has 2 atom stereocenters. The van der Waals surface area contributed by atoms with Gasteiger partial charge in [0.1, 0.15) is 5.60 Å². The Morgan fingerprint density at radius 3 is 2.53 bits per heavy atom. The summed E-state index contributed by atoms with van der Waals surface area (Å²) in [5.74, 6) is -3.10. The van der Waals surface area contributed by atoms with Gasteiger partial charge in [0.25, 0.3) is 11.8 Å². The van der Waals surface area contributed by atoms with Gasteiger partial charge in [-0.05, 0) is 77.0 Å². The molecule has 4 heterocycles. The van der Waals surface area contributed by atoms with E-state index in [1.165, 1.54) is 0 Å². The summed E-state index contributed by atoms with van der Waals surface area (Å²) in [5.41, 5.74) is 1.76. The minimum absolute atomic E-state index is 0.0108. The highest BCUT2D eigenvalue weighted by atomic mass is 19.3. The largest absolute Gasteiger partial charge is 0.444 e. The van der Waals surface area contributed by atoms with Crippen LogP contribution in [0.3, 0.4) is 0 Å². The first kappa shape index (κ1) is 23.1. The van der Waals surface area contributed by atoms with Gasteiger partial charge in [0.15, 0.2) is 0 Å². The van der Waals surface area contributed by atoms with Crippen LogP contribution in [0.15, 0.2) is 24.4 Å². The van der Waals surface area contributed by atoms with Gasteiger partial charge in [-0.15, -0.1) is 0 Å². The van der Waals surface area contributed by atoms with Crippen molar-refractivity contribution in [2.24, 2.45) is 0 Å². The fraction of sp³-hybridized carbons (Fsp3) is 0.615. The van der Waals surface area contributed by atoms with E-state index in [1.54, 1.807) is 0 Å². The second-order valence-electron chi connectivity index (χ2n) is 11.1. The molecule has 2 bridgehead atoms. The number of amides is 2. The van der Waals surface area contributed by atoms with Crippen molar-refractivity contribution in [3.63, 3.8) is 0 Å². The van der Waals surface area contributed by atoms with E-state index in [-0.39, 0.29) is 43.0 Å². The molecule has 2 saturated heterocycles. The Labute approximate surface area is 198 Å². The molecule has 2 unspecified atom stereocenters. The summed E-state index contributed by atoms with van der Waals surface area (Å²) in [7, 11) is 0. The Balaban J connectivity index is 1.38. The number of nitrogens with one attached hydrogen (secondary N) is 1. The van der Waals surface area contributed by atoms with E-state index >= 15 is 0 Å². The van der Waals surface area contributed by atoms with Crippen LogP contribution in [0, 0.1) is 0 Å². The number of fused-ring (bicyclic) bond motifs is 5. The van der Waals surface area contributed by atoms with Crippen molar-refractivity contribution in [2.45, 2.75) is 102 Å². The van der Waals surface area contributed by atoms with Crippen molar-refractivity contribution in [1.82, 2.24) is 14.6 Å². The maximum Gasteiger partial charge on any atom is 0.410 e. The van der Waals surface area contributed by atoms with Crippen molar-refractivity contribution in [3.8, 4) is 0 Å². The minimum atomic E-state index is -2.80. The number of hydrogen-bond donors (Lipinski definition) is 1. The third-order valence-electron chi connectivity index (χ3n) is 7.36. The van der Waals surface area contributed by atoms with E-state index in [2.05, 4.69) is 5.32 Å². The highest BCUT2D eigenvalue weighted by Gasteiger charge is 2.44. The minimum Gasteiger partial charge on any atom is -0.444 e. The van der Waals surface area contributed by atoms with Gasteiger partial charge in [0.05, 0.1) is 11.1 Å². The molecule has 3 aliphatic rings. The highest BCUT2D eigenvalue weighted by molar-refractivity contribution is 6.03. The van der Waals surface area contributed by atoms with Crippen molar-refractivity contribution >= 4 is 17.5 Å². The zero-order valence-corrected chi connectivity index (χ0v) is 20.1. The molecular formula is C26H33F2N3O3. The number of rotatable bonds is 2. The number of alkyl halides is 2. The maximum atomic E-state index is 14.3. The molecule has 5 rings (SSSR count). The van der Waals surface area contributed by atoms with Gasteiger partial charge in [0.2, 0.25) is 0 Å². The summed E-state index contributed by atoms with van der Waals surface area (Å²) in [4.78, 5) is 28.2. The fourth-order valence-electron chi connectivity index (χ4n) is 6.06. The summed E-state index contributed by atoms with van der Waals surface area (Å²) >= 11 is 0. The molecule has 1 N–H and O–H groups in total. The van der Waals surface area contributed by atoms with E-state index in [0.717, 1.165) is 25.0 Å². The SMILES string of the molecule is CC(C)(C)OC(=O)N1C2CCCC1CC(NC(=O)c1c3c(n4ccccc14)CCC(F)(F)C3)C2. The van der Waals surface area contributed by atoms with E-state index in [1.807, 2.05) is 54.5 Å². The third kappa shape index (κ3) is 4.27. The van der Waals surface area contributed by atoms with Crippen molar-refractivity contribution in [1.29, 1.82) is 0 Å².